The second kappa shape index (κ2) is 4.88. The molecule has 3 nitrogen and oxygen atoms in total. The van der Waals surface area contributed by atoms with Crippen molar-refractivity contribution in [3.8, 4) is 5.75 Å². The average molecular weight is 261 g/mol. The molecule has 0 saturated carbocycles. The van der Waals surface area contributed by atoms with Crippen LogP contribution in [0.4, 0.5) is 18.9 Å². The smallest absolute Gasteiger partial charge is 0.471 e. The van der Waals surface area contributed by atoms with Crippen molar-refractivity contribution >= 4 is 11.6 Å². The first-order chi connectivity index (χ1) is 8.18. The van der Waals surface area contributed by atoms with Crippen LogP contribution in [0.1, 0.15) is 11.1 Å². The van der Waals surface area contributed by atoms with E-state index in [2.05, 4.69) is 0 Å². The Kier molecular flexibility index (Phi) is 3.88. The van der Waals surface area contributed by atoms with Crippen LogP contribution < -0.4 is 9.64 Å². The number of ether oxygens (including phenoxy) is 1. The Hall–Kier alpha value is -1.72. The molecule has 1 amide bonds. The summed E-state index contributed by atoms with van der Waals surface area (Å²) in [6, 6.07) is 2.92. The highest BCUT2D eigenvalue weighted by Crippen LogP contribution is 2.30. The summed E-state index contributed by atoms with van der Waals surface area (Å²) in [6.07, 6.45) is -4.89. The molecule has 0 heterocycles. The molecule has 6 heteroatoms. The molecule has 0 unspecified atom stereocenters. The van der Waals surface area contributed by atoms with Gasteiger partial charge in [0.15, 0.2) is 0 Å². The number of methoxy groups -OCH3 is 1. The van der Waals surface area contributed by atoms with Gasteiger partial charge in [0.05, 0.1) is 7.11 Å². The Balaban J connectivity index is 3.19. The predicted octanol–water partition coefficient (Wildman–Crippen LogP) is 2.84. The van der Waals surface area contributed by atoms with E-state index in [9.17, 15) is 18.0 Å². The number of carbonyl (C=O) groups is 1. The van der Waals surface area contributed by atoms with Crippen LogP contribution in [0.5, 0.6) is 5.75 Å². The van der Waals surface area contributed by atoms with Crippen molar-refractivity contribution < 1.29 is 22.7 Å². The predicted molar refractivity (Wildman–Crippen MR) is 61.9 cm³/mol. The minimum absolute atomic E-state index is 0.150. The first-order valence-corrected chi connectivity index (χ1v) is 5.18. The molecular formula is C12H14F3NO2. The molecule has 100 valence electrons. The first kappa shape index (κ1) is 14.3. The number of hydrogen-bond acceptors (Lipinski definition) is 2. The minimum atomic E-state index is -4.89. The zero-order valence-electron chi connectivity index (χ0n) is 10.6. The van der Waals surface area contributed by atoms with Crippen LogP contribution in [-0.2, 0) is 4.79 Å². The third-order valence-corrected chi connectivity index (χ3v) is 2.76. The van der Waals surface area contributed by atoms with Crippen LogP contribution in [0, 0.1) is 13.8 Å². The van der Waals surface area contributed by atoms with E-state index in [-0.39, 0.29) is 5.69 Å². The largest absolute Gasteiger partial charge is 0.496 e. The van der Waals surface area contributed by atoms with E-state index in [0.717, 1.165) is 18.2 Å². The Labute approximate surface area is 103 Å². The fraction of sp³-hybridized carbons (Fsp3) is 0.417. The number of halogens is 3. The highest BCUT2D eigenvalue weighted by molar-refractivity contribution is 5.97. The molecule has 0 aliphatic rings. The lowest BCUT2D eigenvalue weighted by molar-refractivity contribution is -0.170. The molecule has 0 N–H and O–H groups in total. The molecule has 1 aromatic rings. The standard InChI is InChI=1S/C12H14F3NO2/c1-7-5-9(6-10(18-4)8(7)2)16(3)11(17)12(13,14)15/h5-6H,1-4H3. The van der Waals surface area contributed by atoms with Crippen LogP contribution in [-0.4, -0.2) is 26.2 Å². The summed E-state index contributed by atoms with van der Waals surface area (Å²) in [5, 5.41) is 0. The van der Waals surface area contributed by atoms with Gasteiger partial charge in [0.2, 0.25) is 0 Å². The maximum atomic E-state index is 12.3. The lowest BCUT2D eigenvalue weighted by Crippen LogP contribution is -2.38. The van der Waals surface area contributed by atoms with Gasteiger partial charge in [-0.1, -0.05) is 0 Å². The average Bonchev–Trinajstić information content (AvgIpc) is 2.29. The summed E-state index contributed by atoms with van der Waals surface area (Å²) < 4.78 is 42.0. The second-order valence-electron chi connectivity index (χ2n) is 3.95. The van der Waals surface area contributed by atoms with Crippen molar-refractivity contribution in [2.45, 2.75) is 20.0 Å². The molecule has 0 bridgehead atoms. The lowest BCUT2D eigenvalue weighted by Gasteiger charge is -2.21. The Bertz CT molecular complexity index is 469. The number of hydrogen-bond donors (Lipinski definition) is 0. The number of alkyl halides is 3. The summed E-state index contributed by atoms with van der Waals surface area (Å²) in [5.74, 6) is -1.46. The third-order valence-electron chi connectivity index (χ3n) is 2.76. The fourth-order valence-electron chi connectivity index (χ4n) is 1.52. The zero-order valence-corrected chi connectivity index (χ0v) is 10.6. The zero-order chi connectivity index (χ0) is 14.1. The quantitative estimate of drug-likeness (QED) is 0.819. The van der Waals surface area contributed by atoms with Gasteiger partial charge in [-0.25, -0.2) is 0 Å². The topological polar surface area (TPSA) is 29.5 Å². The summed E-state index contributed by atoms with van der Waals surface area (Å²) in [4.78, 5) is 11.7. The molecule has 1 aromatic carbocycles. The van der Waals surface area contributed by atoms with Crippen LogP contribution in [0.25, 0.3) is 0 Å². The van der Waals surface area contributed by atoms with Crippen molar-refractivity contribution in [3.63, 3.8) is 0 Å². The maximum Gasteiger partial charge on any atom is 0.471 e. The van der Waals surface area contributed by atoms with E-state index in [1.807, 2.05) is 0 Å². The summed E-state index contributed by atoms with van der Waals surface area (Å²) >= 11 is 0. The van der Waals surface area contributed by atoms with Gasteiger partial charge in [-0.05, 0) is 31.0 Å². The number of anilines is 1. The minimum Gasteiger partial charge on any atom is -0.496 e. The molecule has 0 saturated heterocycles. The monoisotopic (exact) mass is 261 g/mol. The van der Waals surface area contributed by atoms with Gasteiger partial charge in [-0.15, -0.1) is 0 Å². The van der Waals surface area contributed by atoms with Crippen molar-refractivity contribution in [2.24, 2.45) is 0 Å². The lowest BCUT2D eigenvalue weighted by atomic mass is 10.1. The third kappa shape index (κ3) is 2.75. The Morgan fingerprint density at radius 1 is 1.28 bits per heavy atom. The first-order valence-electron chi connectivity index (χ1n) is 5.18. The SMILES string of the molecule is COc1cc(N(C)C(=O)C(F)(F)F)cc(C)c1C. The molecule has 0 radical (unpaired) electrons. The fourth-order valence-corrected chi connectivity index (χ4v) is 1.52. The number of carbonyl (C=O) groups excluding carboxylic acids is 1. The summed E-state index contributed by atoms with van der Waals surface area (Å²) in [5.41, 5.74) is 1.73. The van der Waals surface area contributed by atoms with Crippen molar-refractivity contribution in [1.82, 2.24) is 0 Å². The van der Waals surface area contributed by atoms with E-state index >= 15 is 0 Å². The molecule has 0 atom stereocenters. The van der Waals surface area contributed by atoms with Crippen molar-refractivity contribution in [2.75, 3.05) is 19.1 Å². The van der Waals surface area contributed by atoms with Crippen LogP contribution in [0.2, 0.25) is 0 Å². The van der Waals surface area contributed by atoms with Gasteiger partial charge < -0.3 is 9.64 Å². The highest BCUT2D eigenvalue weighted by atomic mass is 19.4. The van der Waals surface area contributed by atoms with Crippen LogP contribution in [0.3, 0.4) is 0 Å². The van der Waals surface area contributed by atoms with Crippen molar-refractivity contribution in [1.29, 1.82) is 0 Å². The normalized spacial score (nSPS) is 11.3. The Morgan fingerprint density at radius 3 is 2.28 bits per heavy atom. The molecule has 0 fully saturated rings. The van der Waals surface area contributed by atoms with E-state index in [1.54, 1.807) is 13.8 Å². The van der Waals surface area contributed by atoms with Gasteiger partial charge in [0.25, 0.3) is 0 Å². The number of aryl methyl sites for hydroxylation is 1. The number of benzene rings is 1. The Morgan fingerprint density at radius 2 is 1.83 bits per heavy atom. The maximum absolute atomic E-state index is 12.3. The van der Waals surface area contributed by atoms with E-state index < -0.39 is 12.1 Å². The molecule has 0 aliphatic carbocycles. The molecular weight excluding hydrogens is 247 g/mol. The molecule has 1 rings (SSSR count). The van der Waals surface area contributed by atoms with E-state index in [0.29, 0.717) is 10.6 Å². The molecule has 18 heavy (non-hydrogen) atoms. The molecule has 0 aromatic heterocycles. The summed E-state index contributed by atoms with van der Waals surface area (Å²) in [7, 11) is 2.51. The van der Waals surface area contributed by atoms with E-state index in [4.69, 9.17) is 4.74 Å². The van der Waals surface area contributed by atoms with Crippen molar-refractivity contribution in [3.05, 3.63) is 23.3 Å². The molecule has 0 aliphatic heterocycles. The number of rotatable bonds is 2. The van der Waals surface area contributed by atoms with Gasteiger partial charge in [0.1, 0.15) is 5.75 Å². The van der Waals surface area contributed by atoms with Gasteiger partial charge in [0, 0.05) is 18.8 Å². The van der Waals surface area contributed by atoms with Gasteiger partial charge >= 0.3 is 12.1 Å². The molecule has 0 spiro atoms. The van der Waals surface area contributed by atoms with Crippen LogP contribution >= 0.6 is 0 Å². The van der Waals surface area contributed by atoms with E-state index in [1.165, 1.54) is 19.2 Å². The highest BCUT2D eigenvalue weighted by Gasteiger charge is 2.41. The van der Waals surface area contributed by atoms with Crippen LogP contribution in [0.15, 0.2) is 12.1 Å². The van der Waals surface area contributed by atoms with Gasteiger partial charge in [-0.3, -0.25) is 4.79 Å². The summed E-state index contributed by atoms with van der Waals surface area (Å²) in [6.45, 7) is 3.54. The second-order valence-corrected chi connectivity index (χ2v) is 3.95. The van der Waals surface area contributed by atoms with Gasteiger partial charge in [-0.2, -0.15) is 13.2 Å². The number of nitrogens with zero attached hydrogens (tertiary/aromatic N) is 1. The number of amides is 1.